The minimum Gasteiger partial charge on any atom is -0.478 e. The summed E-state index contributed by atoms with van der Waals surface area (Å²) in [6.45, 7) is 0.479. The molecule has 0 bridgehead atoms. The van der Waals surface area contributed by atoms with Crippen molar-refractivity contribution in [2.45, 2.75) is 6.61 Å². The SMILES string of the molecule is COCc1ccccc1-c1sccc1C(=O)O. The van der Waals surface area contributed by atoms with Crippen LogP contribution in [0, 0.1) is 0 Å². The van der Waals surface area contributed by atoms with Gasteiger partial charge in [0, 0.05) is 12.0 Å². The number of ether oxygens (including phenoxy) is 1. The third-order valence-electron chi connectivity index (χ3n) is 2.46. The van der Waals surface area contributed by atoms with Gasteiger partial charge in [-0.25, -0.2) is 4.79 Å². The van der Waals surface area contributed by atoms with E-state index in [0.29, 0.717) is 12.2 Å². The van der Waals surface area contributed by atoms with E-state index < -0.39 is 5.97 Å². The Morgan fingerprint density at radius 1 is 1.35 bits per heavy atom. The van der Waals surface area contributed by atoms with Crippen molar-refractivity contribution < 1.29 is 14.6 Å². The average Bonchev–Trinajstić information content (AvgIpc) is 2.79. The molecule has 3 nitrogen and oxygen atoms in total. The maximum absolute atomic E-state index is 11.1. The van der Waals surface area contributed by atoms with Crippen LogP contribution in [-0.2, 0) is 11.3 Å². The zero-order chi connectivity index (χ0) is 12.3. The summed E-state index contributed by atoms with van der Waals surface area (Å²) in [4.78, 5) is 11.9. The standard InChI is InChI=1S/C13H12O3S/c1-16-8-9-4-2-3-5-10(9)12-11(13(14)15)6-7-17-12/h2-7H,8H2,1H3,(H,14,15). The molecule has 1 aromatic heterocycles. The zero-order valence-electron chi connectivity index (χ0n) is 9.34. The number of thiophene rings is 1. The van der Waals surface area contributed by atoms with E-state index in [1.165, 1.54) is 11.3 Å². The first-order valence-corrected chi connectivity index (χ1v) is 6.00. The molecule has 1 aromatic carbocycles. The number of methoxy groups -OCH3 is 1. The van der Waals surface area contributed by atoms with Gasteiger partial charge in [-0.2, -0.15) is 0 Å². The molecular weight excluding hydrogens is 236 g/mol. The van der Waals surface area contributed by atoms with Gasteiger partial charge in [-0.3, -0.25) is 0 Å². The predicted molar refractivity (Wildman–Crippen MR) is 67.4 cm³/mol. The molecule has 0 unspecified atom stereocenters. The smallest absolute Gasteiger partial charge is 0.337 e. The fourth-order valence-electron chi connectivity index (χ4n) is 1.71. The summed E-state index contributed by atoms with van der Waals surface area (Å²) in [5.41, 5.74) is 2.28. The molecule has 0 aliphatic carbocycles. The van der Waals surface area contributed by atoms with E-state index in [1.54, 1.807) is 18.6 Å². The van der Waals surface area contributed by atoms with Gasteiger partial charge >= 0.3 is 5.97 Å². The first-order valence-electron chi connectivity index (χ1n) is 5.12. The number of carbonyl (C=O) groups is 1. The van der Waals surface area contributed by atoms with Crippen LogP contribution in [0.15, 0.2) is 35.7 Å². The number of hydrogen-bond acceptors (Lipinski definition) is 3. The second-order valence-corrected chi connectivity index (χ2v) is 4.47. The Morgan fingerprint density at radius 3 is 2.82 bits per heavy atom. The normalized spacial score (nSPS) is 10.4. The Kier molecular flexibility index (Phi) is 3.56. The highest BCUT2D eigenvalue weighted by molar-refractivity contribution is 7.14. The molecule has 0 aliphatic rings. The van der Waals surface area contributed by atoms with Crippen molar-refractivity contribution in [2.24, 2.45) is 0 Å². The molecule has 0 aliphatic heterocycles. The summed E-state index contributed by atoms with van der Waals surface area (Å²) in [6, 6.07) is 9.33. The number of rotatable bonds is 4. The molecule has 1 N–H and O–H groups in total. The van der Waals surface area contributed by atoms with E-state index in [2.05, 4.69) is 0 Å². The van der Waals surface area contributed by atoms with Gasteiger partial charge in [0.25, 0.3) is 0 Å². The van der Waals surface area contributed by atoms with Crippen molar-refractivity contribution in [3.8, 4) is 10.4 Å². The molecule has 2 aromatic rings. The van der Waals surface area contributed by atoms with Crippen molar-refractivity contribution in [2.75, 3.05) is 7.11 Å². The van der Waals surface area contributed by atoms with Gasteiger partial charge in [-0.1, -0.05) is 24.3 Å². The second-order valence-electron chi connectivity index (χ2n) is 3.56. The molecule has 0 radical (unpaired) electrons. The van der Waals surface area contributed by atoms with E-state index in [1.807, 2.05) is 24.3 Å². The molecule has 1 heterocycles. The lowest BCUT2D eigenvalue weighted by atomic mass is 10.0. The highest BCUT2D eigenvalue weighted by Crippen LogP contribution is 2.32. The Balaban J connectivity index is 2.52. The quantitative estimate of drug-likeness (QED) is 0.903. The molecule has 0 spiro atoms. The lowest BCUT2D eigenvalue weighted by Gasteiger charge is -2.07. The number of hydrogen-bond donors (Lipinski definition) is 1. The number of aromatic carboxylic acids is 1. The largest absolute Gasteiger partial charge is 0.478 e. The van der Waals surface area contributed by atoms with Crippen LogP contribution in [0.4, 0.5) is 0 Å². The molecule has 0 fully saturated rings. The topological polar surface area (TPSA) is 46.5 Å². The Bertz CT molecular complexity index is 531. The predicted octanol–water partition coefficient (Wildman–Crippen LogP) is 3.26. The summed E-state index contributed by atoms with van der Waals surface area (Å²) in [6.07, 6.45) is 0. The van der Waals surface area contributed by atoms with Gasteiger partial charge in [0.1, 0.15) is 0 Å². The average molecular weight is 248 g/mol. The van der Waals surface area contributed by atoms with Crippen LogP contribution in [0.1, 0.15) is 15.9 Å². The van der Waals surface area contributed by atoms with Crippen molar-refractivity contribution >= 4 is 17.3 Å². The van der Waals surface area contributed by atoms with Crippen molar-refractivity contribution in [1.29, 1.82) is 0 Å². The maximum Gasteiger partial charge on any atom is 0.337 e. The maximum atomic E-state index is 11.1. The molecule has 0 atom stereocenters. The van der Waals surface area contributed by atoms with Gasteiger partial charge in [0.05, 0.1) is 12.2 Å². The van der Waals surface area contributed by atoms with Crippen LogP contribution < -0.4 is 0 Å². The van der Waals surface area contributed by atoms with E-state index in [4.69, 9.17) is 9.84 Å². The second kappa shape index (κ2) is 5.12. The molecule has 4 heteroatoms. The third-order valence-corrected chi connectivity index (χ3v) is 3.41. The molecule has 17 heavy (non-hydrogen) atoms. The minimum absolute atomic E-state index is 0.346. The van der Waals surface area contributed by atoms with Gasteiger partial charge in [0.15, 0.2) is 0 Å². The van der Waals surface area contributed by atoms with E-state index in [0.717, 1.165) is 16.0 Å². The summed E-state index contributed by atoms with van der Waals surface area (Å²) >= 11 is 1.43. The van der Waals surface area contributed by atoms with Crippen molar-refractivity contribution in [1.82, 2.24) is 0 Å². The molecule has 0 saturated heterocycles. The first kappa shape index (κ1) is 11.8. The zero-order valence-corrected chi connectivity index (χ0v) is 10.2. The molecule has 0 amide bonds. The summed E-state index contributed by atoms with van der Waals surface area (Å²) in [7, 11) is 1.63. The van der Waals surface area contributed by atoms with Gasteiger partial charge in [-0.05, 0) is 22.6 Å². The molecule has 88 valence electrons. The molecular formula is C13H12O3S. The Hall–Kier alpha value is -1.65. The minimum atomic E-state index is -0.895. The van der Waals surface area contributed by atoms with Crippen molar-refractivity contribution in [3.63, 3.8) is 0 Å². The van der Waals surface area contributed by atoms with Gasteiger partial charge in [-0.15, -0.1) is 11.3 Å². The van der Waals surface area contributed by atoms with Gasteiger partial charge < -0.3 is 9.84 Å². The lowest BCUT2D eigenvalue weighted by Crippen LogP contribution is -1.98. The van der Waals surface area contributed by atoms with Crippen LogP contribution in [0.5, 0.6) is 0 Å². The van der Waals surface area contributed by atoms with Crippen LogP contribution in [0.3, 0.4) is 0 Å². The van der Waals surface area contributed by atoms with Crippen LogP contribution in [0.25, 0.3) is 10.4 Å². The Morgan fingerprint density at radius 2 is 2.12 bits per heavy atom. The lowest BCUT2D eigenvalue weighted by molar-refractivity contribution is 0.0698. The van der Waals surface area contributed by atoms with Crippen molar-refractivity contribution in [3.05, 3.63) is 46.8 Å². The number of benzene rings is 1. The van der Waals surface area contributed by atoms with Gasteiger partial charge in [0.2, 0.25) is 0 Å². The highest BCUT2D eigenvalue weighted by Gasteiger charge is 2.15. The monoisotopic (exact) mass is 248 g/mol. The third kappa shape index (κ3) is 2.38. The highest BCUT2D eigenvalue weighted by atomic mass is 32.1. The summed E-state index contributed by atoms with van der Waals surface area (Å²) in [5.74, 6) is -0.895. The Labute approximate surface area is 103 Å². The molecule has 2 rings (SSSR count). The van der Waals surface area contributed by atoms with Crippen LogP contribution >= 0.6 is 11.3 Å². The number of carboxylic acid groups (broad SMARTS) is 1. The fourth-order valence-corrected chi connectivity index (χ4v) is 2.66. The van der Waals surface area contributed by atoms with E-state index in [-0.39, 0.29) is 0 Å². The fraction of sp³-hybridized carbons (Fsp3) is 0.154. The van der Waals surface area contributed by atoms with E-state index in [9.17, 15) is 4.79 Å². The van der Waals surface area contributed by atoms with Crippen LogP contribution in [0.2, 0.25) is 0 Å². The van der Waals surface area contributed by atoms with E-state index >= 15 is 0 Å². The van der Waals surface area contributed by atoms with Crippen LogP contribution in [-0.4, -0.2) is 18.2 Å². The summed E-state index contributed by atoms with van der Waals surface area (Å²) in [5, 5.41) is 10.9. The molecule has 0 saturated carbocycles. The first-order chi connectivity index (χ1) is 8.24. The summed E-state index contributed by atoms with van der Waals surface area (Å²) < 4.78 is 5.12. The number of carboxylic acids is 1.